The number of rotatable bonds is 6. The standard InChI is InChI=1S/C16H24N4O2S/c1-11(23-2)16(22)19-10-12-5-8-20(9-6-12)15-13(14(17)21)4-3-7-18-15/h3-4,7,11-12H,5-6,8-10H2,1-2H3,(H2,17,21)(H,19,22)/t11-/m0/s1. The summed E-state index contributed by atoms with van der Waals surface area (Å²) in [5, 5.41) is 3.01. The van der Waals surface area contributed by atoms with E-state index in [-0.39, 0.29) is 11.2 Å². The van der Waals surface area contributed by atoms with E-state index in [0.717, 1.165) is 25.9 Å². The first-order valence-electron chi connectivity index (χ1n) is 7.83. The third-order valence-electron chi connectivity index (χ3n) is 4.25. The van der Waals surface area contributed by atoms with E-state index in [1.807, 2.05) is 13.2 Å². The van der Waals surface area contributed by atoms with Crippen molar-refractivity contribution in [1.82, 2.24) is 10.3 Å². The van der Waals surface area contributed by atoms with Crippen LogP contribution in [0.25, 0.3) is 0 Å². The summed E-state index contributed by atoms with van der Waals surface area (Å²) in [6.45, 7) is 4.25. The molecule has 1 aromatic rings. The molecule has 2 heterocycles. The maximum Gasteiger partial charge on any atom is 0.252 e. The van der Waals surface area contributed by atoms with Crippen molar-refractivity contribution in [2.24, 2.45) is 11.7 Å². The molecule has 0 bridgehead atoms. The third-order valence-corrected chi connectivity index (χ3v) is 5.18. The number of anilines is 1. The number of hydrogen-bond acceptors (Lipinski definition) is 5. The lowest BCUT2D eigenvalue weighted by Crippen LogP contribution is -2.41. The van der Waals surface area contributed by atoms with Crippen LogP contribution in [0.15, 0.2) is 18.3 Å². The zero-order valence-electron chi connectivity index (χ0n) is 13.6. The fraction of sp³-hybridized carbons (Fsp3) is 0.562. The van der Waals surface area contributed by atoms with Gasteiger partial charge in [0.2, 0.25) is 5.91 Å². The van der Waals surface area contributed by atoms with Crippen LogP contribution in [-0.4, -0.2) is 47.9 Å². The number of hydrogen-bond donors (Lipinski definition) is 2. The van der Waals surface area contributed by atoms with Crippen LogP contribution in [0.2, 0.25) is 0 Å². The summed E-state index contributed by atoms with van der Waals surface area (Å²) in [5.74, 6) is 0.776. The first-order valence-corrected chi connectivity index (χ1v) is 9.12. The van der Waals surface area contributed by atoms with Gasteiger partial charge in [-0.05, 0) is 44.1 Å². The Morgan fingerprint density at radius 3 is 2.78 bits per heavy atom. The first-order chi connectivity index (χ1) is 11.0. The van der Waals surface area contributed by atoms with E-state index in [0.29, 0.717) is 23.8 Å². The number of carbonyl (C=O) groups is 2. The number of carbonyl (C=O) groups excluding carboxylic acids is 2. The molecule has 1 aliphatic heterocycles. The predicted octanol–water partition coefficient (Wildman–Crippen LogP) is 1.26. The van der Waals surface area contributed by atoms with Crippen LogP contribution in [0.5, 0.6) is 0 Å². The minimum Gasteiger partial charge on any atom is -0.365 e. The van der Waals surface area contributed by atoms with Crippen LogP contribution in [-0.2, 0) is 4.79 Å². The molecule has 6 nitrogen and oxygen atoms in total. The molecule has 1 aliphatic rings. The number of nitrogens with two attached hydrogens (primary N) is 1. The van der Waals surface area contributed by atoms with Crippen molar-refractivity contribution in [3.8, 4) is 0 Å². The number of primary amides is 1. The highest BCUT2D eigenvalue weighted by atomic mass is 32.2. The molecule has 0 spiro atoms. The van der Waals surface area contributed by atoms with E-state index in [9.17, 15) is 9.59 Å². The average molecular weight is 336 g/mol. The Bertz CT molecular complexity index is 559. The van der Waals surface area contributed by atoms with Gasteiger partial charge in [-0.1, -0.05) is 0 Å². The normalized spacial score (nSPS) is 16.9. The van der Waals surface area contributed by atoms with Crippen LogP contribution in [0.1, 0.15) is 30.1 Å². The second kappa shape index (κ2) is 8.19. The molecule has 1 fully saturated rings. The molecule has 0 radical (unpaired) electrons. The van der Waals surface area contributed by atoms with Gasteiger partial charge in [0, 0.05) is 25.8 Å². The Kier molecular flexibility index (Phi) is 6.27. The Labute approximate surface area is 141 Å². The molecule has 23 heavy (non-hydrogen) atoms. The first kappa shape index (κ1) is 17.6. The van der Waals surface area contributed by atoms with Crippen molar-refractivity contribution in [3.05, 3.63) is 23.9 Å². The molecule has 2 rings (SSSR count). The van der Waals surface area contributed by atoms with E-state index in [1.54, 1.807) is 30.1 Å². The monoisotopic (exact) mass is 336 g/mol. The lowest BCUT2D eigenvalue weighted by Gasteiger charge is -2.33. The number of aromatic nitrogens is 1. The van der Waals surface area contributed by atoms with Gasteiger partial charge in [-0.2, -0.15) is 11.8 Å². The maximum atomic E-state index is 11.8. The van der Waals surface area contributed by atoms with Crippen molar-refractivity contribution in [2.45, 2.75) is 25.0 Å². The van der Waals surface area contributed by atoms with E-state index in [4.69, 9.17) is 5.73 Å². The van der Waals surface area contributed by atoms with Gasteiger partial charge in [-0.25, -0.2) is 4.98 Å². The second-order valence-electron chi connectivity index (χ2n) is 5.79. The highest BCUT2D eigenvalue weighted by Gasteiger charge is 2.23. The van der Waals surface area contributed by atoms with Crippen molar-refractivity contribution < 1.29 is 9.59 Å². The summed E-state index contributed by atoms with van der Waals surface area (Å²) in [7, 11) is 0. The van der Waals surface area contributed by atoms with Gasteiger partial charge >= 0.3 is 0 Å². The number of nitrogens with one attached hydrogen (secondary N) is 1. The maximum absolute atomic E-state index is 11.8. The van der Waals surface area contributed by atoms with Gasteiger partial charge in [0.05, 0.1) is 10.8 Å². The number of pyridine rings is 1. The van der Waals surface area contributed by atoms with E-state index >= 15 is 0 Å². The average Bonchev–Trinajstić information content (AvgIpc) is 2.59. The molecule has 0 saturated carbocycles. The van der Waals surface area contributed by atoms with E-state index in [1.165, 1.54) is 0 Å². The fourth-order valence-electron chi connectivity index (χ4n) is 2.69. The molecular weight excluding hydrogens is 312 g/mol. The molecule has 1 atom stereocenters. The molecule has 3 N–H and O–H groups in total. The van der Waals surface area contributed by atoms with Gasteiger partial charge in [0.1, 0.15) is 5.82 Å². The number of piperidine rings is 1. The van der Waals surface area contributed by atoms with Gasteiger partial charge in [0.25, 0.3) is 5.91 Å². The van der Waals surface area contributed by atoms with Gasteiger partial charge < -0.3 is 16.0 Å². The van der Waals surface area contributed by atoms with Crippen molar-refractivity contribution >= 4 is 29.4 Å². The van der Waals surface area contributed by atoms with Crippen LogP contribution in [0.4, 0.5) is 5.82 Å². The fourth-order valence-corrected chi connectivity index (χ4v) is 2.98. The molecule has 1 aromatic heterocycles. The van der Waals surface area contributed by atoms with Crippen LogP contribution >= 0.6 is 11.8 Å². The number of nitrogens with zero attached hydrogens (tertiary/aromatic N) is 2. The summed E-state index contributed by atoms with van der Waals surface area (Å²) < 4.78 is 0. The van der Waals surface area contributed by atoms with Crippen molar-refractivity contribution in [2.75, 3.05) is 30.8 Å². The topological polar surface area (TPSA) is 88.3 Å². The molecule has 2 amide bonds. The van der Waals surface area contributed by atoms with Crippen molar-refractivity contribution in [3.63, 3.8) is 0 Å². The molecule has 126 valence electrons. The lowest BCUT2D eigenvalue weighted by molar-refractivity contribution is -0.120. The number of amides is 2. The zero-order valence-corrected chi connectivity index (χ0v) is 14.4. The smallest absolute Gasteiger partial charge is 0.252 e. The largest absolute Gasteiger partial charge is 0.365 e. The summed E-state index contributed by atoms with van der Waals surface area (Å²) in [5.41, 5.74) is 5.88. The SMILES string of the molecule is CS[C@@H](C)C(=O)NCC1CCN(c2ncccc2C(N)=O)CC1. The Morgan fingerprint density at radius 2 is 2.17 bits per heavy atom. The number of thioether (sulfide) groups is 1. The van der Waals surface area contributed by atoms with Crippen LogP contribution in [0, 0.1) is 5.92 Å². The van der Waals surface area contributed by atoms with E-state index < -0.39 is 5.91 Å². The summed E-state index contributed by atoms with van der Waals surface area (Å²) in [4.78, 5) is 29.7. The van der Waals surface area contributed by atoms with Crippen molar-refractivity contribution in [1.29, 1.82) is 0 Å². The second-order valence-corrected chi connectivity index (χ2v) is 6.97. The summed E-state index contributed by atoms with van der Waals surface area (Å²) in [6.07, 6.45) is 5.54. The molecule has 0 unspecified atom stereocenters. The molecule has 1 saturated heterocycles. The Hall–Kier alpha value is -1.76. The highest BCUT2D eigenvalue weighted by Crippen LogP contribution is 2.24. The minimum absolute atomic E-state index is 0.0123. The van der Waals surface area contributed by atoms with Gasteiger partial charge in [-0.15, -0.1) is 0 Å². The quantitative estimate of drug-likeness (QED) is 0.816. The van der Waals surface area contributed by atoms with Crippen LogP contribution in [0.3, 0.4) is 0 Å². The molecule has 7 heteroatoms. The highest BCUT2D eigenvalue weighted by molar-refractivity contribution is 7.99. The summed E-state index contributed by atoms with van der Waals surface area (Å²) >= 11 is 1.55. The summed E-state index contributed by atoms with van der Waals surface area (Å²) in [6, 6.07) is 3.43. The van der Waals surface area contributed by atoms with Gasteiger partial charge in [0.15, 0.2) is 0 Å². The Balaban J connectivity index is 1.87. The van der Waals surface area contributed by atoms with Gasteiger partial charge in [-0.3, -0.25) is 9.59 Å². The predicted molar refractivity (Wildman–Crippen MR) is 93.7 cm³/mol. The minimum atomic E-state index is -0.450. The molecular formula is C16H24N4O2S. The molecule has 0 aliphatic carbocycles. The molecule has 0 aromatic carbocycles. The van der Waals surface area contributed by atoms with E-state index in [2.05, 4.69) is 15.2 Å². The third kappa shape index (κ3) is 4.60. The lowest BCUT2D eigenvalue weighted by atomic mass is 9.96. The zero-order chi connectivity index (χ0) is 16.8. The van der Waals surface area contributed by atoms with Crippen LogP contribution < -0.4 is 16.0 Å². The Morgan fingerprint density at radius 1 is 1.48 bits per heavy atom.